The number of ether oxygens (including phenoxy) is 1. The molecule has 1 aliphatic heterocycles. The molecule has 2 fully saturated rings. The van der Waals surface area contributed by atoms with Gasteiger partial charge in [0.05, 0.1) is 0 Å². The molecule has 1 spiro atoms. The molecular formula is C33H36F2N4O4. The summed E-state index contributed by atoms with van der Waals surface area (Å²) in [4.78, 5) is 46.9. The van der Waals surface area contributed by atoms with E-state index in [-0.39, 0.29) is 30.3 Å². The molecule has 1 aromatic heterocycles. The van der Waals surface area contributed by atoms with Crippen LogP contribution in [-0.2, 0) is 27.2 Å². The summed E-state index contributed by atoms with van der Waals surface area (Å²) < 4.78 is 29.5. The molecule has 1 saturated heterocycles. The van der Waals surface area contributed by atoms with Gasteiger partial charge in [-0.15, -0.1) is 0 Å². The van der Waals surface area contributed by atoms with Gasteiger partial charge in [-0.05, 0) is 87.2 Å². The third kappa shape index (κ3) is 6.91. The molecule has 8 nitrogen and oxygen atoms in total. The summed E-state index contributed by atoms with van der Waals surface area (Å²) in [6.45, 7) is 2.68. The molecule has 10 heteroatoms. The molecule has 2 atom stereocenters. The molecular weight excluding hydrogens is 554 g/mol. The SMILES string of the molecule is CC1CN(C)C2(CCCC2)C(=O)N1CC(=O)Oc1ccc2c(c1)CC(C(=O)Nc1ccccn1)C2.Fc1cccc(F)c1. The number of rotatable bonds is 5. The first kappa shape index (κ1) is 30.3. The number of aromatic nitrogens is 1. The van der Waals surface area contributed by atoms with Crippen LogP contribution in [-0.4, -0.2) is 64.3 Å². The summed E-state index contributed by atoms with van der Waals surface area (Å²) in [6.07, 6.45) is 6.63. The highest BCUT2D eigenvalue weighted by Gasteiger charge is 2.51. The number of nitrogens with zero attached hydrogens (tertiary/aromatic N) is 3. The number of piperazine rings is 1. The minimum absolute atomic E-state index is 0.0453. The molecule has 2 aromatic carbocycles. The van der Waals surface area contributed by atoms with E-state index >= 15 is 0 Å². The summed E-state index contributed by atoms with van der Waals surface area (Å²) >= 11 is 0. The predicted molar refractivity (Wildman–Crippen MR) is 157 cm³/mol. The Bertz CT molecular complexity index is 1460. The van der Waals surface area contributed by atoms with Crippen LogP contribution in [0.1, 0.15) is 43.7 Å². The van der Waals surface area contributed by atoms with E-state index in [0.29, 0.717) is 24.4 Å². The van der Waals surface area contributed by atoms with Crippen LogP contribution in [0.2, 0.25) is 0 Å². The number of benzene rings is 2. The van der Waals surface area contributed by atoms with Gasteiger partial charge in [-0.2, -0.15) is 0 Å². The van der Waals surface area contributed by atoms with Crippen LogP contribution in [0.25, 0.3) is 0 Å². The molecule has 6 rings (SSSR count). The Balaban J connectivity index is 0.000000400. The van der Waals surface area contributed by atoms with E-state index in [9.17, 15) is 23.2 Å². The molecule has 2 unspecified atom stereocenters. The zero-order chi connectivity index (χ0) is 30.6. The van der Waals surface area contributed by atoms with E-state index in [1.165, 1.54) is 18.2 Å². The summed E-state index contributed by atoms with van der Waals surface area (Å²) in [5.74, 6) is -0.741. The van der Waals surface area contributed by atoms with Crippen LogP contribution in [0, 0.1) is 17.6 Å². The van der Waals surface area contributed by atoms with Crippen molar-refractivity contribution in [2.75, 3.05) is 25.5 Å². The summed E-state index contributed by atoms with van der Waals surface area (Å²) in [5, 5.41) is 2.87. The van der Waals surface area contributed by atoms with E-state index in [2.05, 4.69) is 15.2 Å². The number of hydrogen-bond acceptors (Lipinski definition) is 6. The highest BCUT2D eigenvalue weighted by Crippen LogP contribution is 2.39. The molecule has 0 bridgehead atoms. The van der Waals surface area contributed by atoms with Crippen molar-refractivity contribution >= 4 is 23.6 Å². The average molecular weight is 591 g/mol. The first-order valence-electron chi connectivity index (χ1n) is 14.6. The lowest BCUT2D eigenvalue weighted by molar-refractivity contribution is -0.159. The molecule has 2 aliphatic carbocycles. The van der Waals surface area contributed by atoms with Gasteiger partial charge in [-0.25, -0.2) is 18.6 Å². The van der Waals surface area contributed by atoms with E-state index in [1.54, 1.807) is 29.3 Å². The first-order chi connectivity index (χ1) is 20.6. The molecule has 3 aromatic rings. The molecule has 43 heavy (non-hydrogen) atoms. The second-order valence-electron chi connectivity index (χ2n) is 11.6. The summed E-state index contributed by atoms with van der Waals surface area (Å²) in [6, 6.07) is 15.4. The van der Waals surface area contributed by atoms with Crippen molar-refractivity contribution in [3.05, 3.63) is 89.6 Å². The number of carbonyl (C=O) groups is 3. The maximum Gasteiger partial charge on any atom is 0.331 e. The number of amides is 2. The number of pyridine rings is 1. The smallest absolute Gasteiger partial charge is 0.331 e. The Kier molecular flexibility index (Phi) is 9.15. The lowest BCUT2D eigenvalue weighted by Crippen LogP contribution is -2.67. The highest BCUT2D eigenvalue weighted by atomic mass is 19.1. The molecule has 2 heterocycles. The van der Waals surface area contributed by atoms with Crippen molar-refractivity contribution in [1.82, 2.24) is 14.8 Å². The van der Waals surface area contributed by atoms with Gasteiger partial charge in [-0.1, -0.05) is 31.0 Å². The second-order valence-corrected chi connectivity index (χ2v) is 11.6. The number of likely N-dealkylation sites (N-methyl/N-ethyl adjacent to an activating group) is 1. The largest absolute Gasteiger partial charge is 0.425 e. The highest BCUT2D eigenvalue weighted by molar-refractivity contribution is 5.93. The fourth-order valence-electron chi connectivity index (χ4n) is 6.35. The van der Waals surface area contributed by atoms with Crippen LogP contribution in [0.5, 0.6) is 5.75 Å². The number of hydrogen-bond donors (Lipinski definition) is 1. The number of anilines is 1. The Labute approximate surface area is 250 Å². The van der Waals surface area contributed by atoms with Crippen LogP contribution in [0.15, 0.2) is 66.9 Å². The van der Waals surface area contributed by atoms with Crippen LogP contribution in [0.4, 0.5) is 14.6 Å². The zero-order valence-corrected chi connectivity index (χ0v) is 24.4. The Hall–Kier alpha value is -4.18. The van der Waals surface area contributed by atoms with Crippen LogP contribution in [0.3, 0.4) is 0 Å². The third-order valence-corrected chi connectivity index (χ3v) is 8.61. The standard InChI is InChI=1S/C27H32N4O4.C6H4F2/c1-18-16-30(2)27(10-4-5-11-27)26(34)31(18)17-24(32)35-22-9-8-19-13-21(14-20(19)15-22)25(33)29-23-7-3-6-12-28-23;7-5-2-1-3-6(8)4-5/h3,6-9,12,15,18,21H,4-5,10-11,13-14,16-17H2,1-2H3,(H,28,29,33);1-4H. The fraction of sp³-hybridized carbons (Fsp3) is 0.394. The van der Waals surface area contributed by atoms with Crippen molar-refractivity contribution in [2.45, 2.75) is 57.0 Å². The molecule has 2 amide bonds. The van der Waals surface area contributed by atoms with E-state index in [4.69, 9.17) is 4.74 Å². The van der Waals surface area contributed by atoms with Crippen molar-refractivity contribution in [2.24, 2.45) is 5.92 Å². The number of fused-ring (bicyclic) bond motifs is 1. The topological polar surface area (TPSA) is 91.8 Å². The summed E-state index contributed by atoms with van der Waals surface area (Å²) in [7, 11) is 2.02. The third-order valence-electron chi connectivity index (χ3n) is 8.61. The van der Waals surface area contributed by atoms with Crippen molar-refractivity contribution in [3.63, 3.8) is 0 Å². The van der Waals surface area contributed by atoms with Crippen molar-refractivity contribution in [1.29, 1.82) is 0 Å². The van der Waals surface area contributed by atoms with Crippen LogP contribution < -0.4 is 10.1 Å². The maximum atomic E-state index is 13.4. The van der Waals surface area contributed by atoms with Gasteiger partial charge in [0, 0.05) is 30.8 Å². The number of nitrogens with one attached hydrogen (secondary N) is 1. The van der Waals surface area contributed by atoms with Gasteiger partial charge in [0.15, 0.2) is 0 Å². The van der Waals surface area contributed by atoms with E-state index in [0.717, 1.165) is 49.4 Å². The average Bonchev–Trinajstić information content (AvgIpc) is 3.64. The predicted octanol–water partition coefficient (Wildman–Crippen LogP) is 4.78. The van der Waals surface area contributed by atoms with Crippen molar-refractivity contribution in [3.8, 4) is 5.75 Å². The van der Waals surface area contributed by atoms with E-state index in [1.807, 2.05) is 32.2 Å². The van der Waals surface area contributed by atoms with Gasteiger partial charge in [0.1, 0.15) is 35.3 Å². The monoisotopic (exact) mass is 590 g/mol. The first-order valence-corrected chi connectivity index (χ1v) is 14.6. The van der Waals surface area contributed by atoms with E-state index < -0.39 is 23.1 Å². The fourth-order valence-corrected chi connectivity index (χ4v) is 6.35. The van der Waals surface area contributed by atoms with Gasteiger partial charge in [0.25, 0.3) is 0 Å². The Morgan fingerprint density at radius 1 is 1.00 bits per heavy atom. The zero-order valence-electron chi connectivity index (χ0n) is 24.4. The minimum Gasteiger partial charge on any atom is -0.425 e. The number of esters is 1. The number of halogens is 2. The second kappa shape index (κ2) is 13.0. The molecule has 0 radical (unpaired) electrons. The van der Waals surface area contributed by atoms with Crippen LogP contribution >= 0.6 is 0 Å². The normalized spacial score (nSPS) is 20.7. The number of carbonyl (C=O) groups excluding carboxylic acids is 3. The van der Waals surface area contributed by atoms with Gasteiger partial charge in [0.2, 0.25) is 11.8 Å². The molecule has 1 N–H and O–H groups in total. The minimum atomic E-state index is -0.537. The van der Waals surface area contributed by atoms with Gasteiger partial charge < -0.3 is 15.0 Å². The van der Waals surface area contributed by atoms with Gasteiger partial charge in [-0.3, -0.25) is 14.5 Å². The van der Waals surface area contributed by atoms with Gasteiger partial charge >= 0.3 is 5.97 Å². The maximum absolute atomic E-state index is 13.4. The lowest BCUT2D eigenvalue weighted by atomic mass is 9.89. The quantitative estimate of drug-likeness (QED) is 0.340. The molecule has 3 aliphatic rings. The van der Waals surface area contributed by atoms with Crippen molar-refractivity contribution < 1.29 is 27.9 Å². The lowest BCUT2D eigenvalue weighted by Gasteiger charge is -2.49. The Morgan fingerprint density at radius 3 is 2.37 bits per heavy atom. The molecule has 226 valence electrons. The Morgan fingerprint density at radius 2 is 1.72 bits per heavy atom. The molecule has 1 saturated carbocycles. The summed E-state index contributed by atoms with van der Waals surface area (Å²) in [5.41, 5.74) is 1.62.